The number of carboxylic acid groups (broad SMARTS) is 1. The van der Waals surface area contributed by atoms with E-state index in [1.54, 1.807) is 6.07 Å². The van der Waals surface area contributed by atoms with Crippen LogP contribution < -0.4 is 5.48 Å². The van der Waals surface area contributed by atoms with Gasteiger partial charge in [0.1, 0.15) is 11.9 Å². The van der Waals surface area contributed by atoms with Crippen molar-refractivity contribution in [1.82, 2.24) is 0 Å². The van der Waals surface area contributed by atoms with E-state index in [0.29, 0.717) is 0 Å². The summed E-state index contributed by atoms with van der Waals surface area (Å²) >= 11 is 0. The number of rotatable bonds is 4. The van der Waals surface area contributed by atoms with Crippen LogP contribution in [0.1, 0.15) is 5.56 Å². The van der Waals surface area contributed by atoms with Gasteiger partial charge in [0.05, 0.1) is 11.3 Å². The van der Waals surface area contributed by atoms with E-state index in [4.69, 9.17) is 10.4 Å². The summed E-state index contributed by atoms with van der Waals surface area (Å²) in [6, 6.07) is 5.18. The van der Waals surface area contributed by atoms with Crippen LogP contribution in [0.25, 0.3) is 0 Å². The standard InChI is InChI=1S/C9H7FN2O3/c10-7-1-2-8(6(3-7)4-11)12-15-5-9(13)14/h1-3,12H,5H2,(H,13,14). The smallest absolute Gasteiger partial charge is 0.332 e. The van der Waals surface area contributed by atoms with E-state index in [2.05, 4.69) is 10.3 Å². The topological polar surface area (TPSA) is 82.3 Å². The van der Waals surface area contributed by atoms with Crippen LogP contribution in [0.15, 0.2) is 18.2 Å². The highest BCUT2D eigenvalue weighted by Gasteiger charge is 2.04. The van der Waals surface area contributed by atoms with Crippen molar-refractivity contribution in [2.75, 3.05) is 12.1 Å². The molecule has 0 radical (unpaired) electrons. The number of carbonyl (C=O) groups is 1. The number of anilines is 1. The molecule has 78 valence electrons. The fraction of sp³-hybridized carbons (Fsp3) is 0.111. The monoisotopic (exact) mass is 210 g/mol. The Morgan fingerprint density at radius 2 is 2.40 bits per heavy atom. The predicted molar refractivity (Wildman–Crippen MR) is 48.3 cm³/mol. The minimum atomic E-state index is -1.15. The molecule has 0 aromatic heterocycles. The van der Waals surface area contributed by atoms with Crippen molar-refractivity contribution >= 4 is 11.7 Å². The number of hydrogen-bond acceptors (Lipinski definition) is 4. The van der Waals surface area contributed by atoms with Crippen LogP contribution in [-0.4, -0.2) is 17.7 Å². The first-order valence-electron chi connectivity index (χ1n) is 3.92. The molecule has 15 heavy (non-hydrogen) atoms. The molecule has 0 aliphatic heterocycles. The highest BCUT2D eigenvalue weighted by atomic mass is 19.1. The summed E-state index contributed by atoms with van der Waals surface area (Å²) in [7, 11) is 0. The SMILES string of the molecule is N#Cc1cc(F)ccc1NOCC(=O)O. The van der Waals surface area contributed by atoms with E-state index >= 15 is 0 Å². The molecule has 2 N–H and O–H groups in total. The molecule has 1 aromatic rings. The molecule has 0 spiro atoms. The first-order chi connectivity index (χ1) is 7.13. The second kappa shape index (κ2) is 4.93. The Morgan fingerprint density at radius 1 is 1.67 bits per heavy atom. The van der Waals surface area contributed by atoms with Crippen molar-refractivity contribution in [3.63, 3.8) is 0 Å². The van der Waals surface area contributed by atoms with Crippen molar-refractivity contribution in [2.45, 2.75) is 0 Å². The lowest BCUT2D eigenvalue weighted by atomic mass is 10.2. The molecular formula is C9H7FN2O3. The molecule has 6 heteroatoms. The molecule has 0 heterocycles. The van der Waals surface area contributed by atoms with Crippen molar-refractivity contribution in [1.29, 1.82) is 5.26 Å². The molecule has 0 aliphatic carbocycles. The van der Waals surface area contributed by atoms with E-state index in [0.717, 1.165) is 12.1 Å². The lowest BCUT2D eigenvalue weighted by Gasteiger charge is -2.06. The molecular weight excluding hydrogens is 203 g/mol. The number of carboxylic acids is 1. The summed E-state index contributed by atoms with van der Waals surface area (Å²) in [5, 5.41) is 16.9. The zero-order valence-electron chi connectivity index (χ0n) is 7.53. The van der Waals surface area contributed by atoms with E-state index in [1.165, 1.54) is 6.07 Å². The molecule has 0 fully saturated rings. The Hall–Kier alpha value is -2.13. The van der Waals surface area contributed by atoms with E-state index in [-0.39, 0.29) is 11.3 Å². The number of halogens is 1. The quantitative estimate of drug-likeness (QED) is 0.728. The normalized spacial score (nSPS) is 9.33. The van der Waals surface area contributed by atoms with Gasteiger partial charge < -0.3 is 5.11 Å². The zero-order valence-corrected chi connectivity index (χ0v) is 7.53. The average molecular weight is 210 g/mol. The number of aliphatic carboxylic acids is 1. The van der Waals surface area contributed by atoms with Crippen molar-refractivity contribution in [3.8, 4) is 6.07 Å². The Labute approximate surface area is 84.7 Å². The highest BCUT2D eigenvalue weighted by molar-refractivity contribution is 5.68. The second-order valence-electron chi connectivity index (χ2n) is 2.59. The Kier molecular flexibility index (Phi) is 3.60. The molecule has 0 aliphatic rings. The van der Waals surface area contributed by atoms with Gasteiger partial charge in [0, 0.05) is 0 Å². The fourth-order valence-electron chi connectivity index (χ4n) is 0.874. The summed E-state index contributed by atoms with van der Waals surface area (Å²) < 4.78 is 12.7. The molecule has 0 saturated carbocycles. The van der Waals surface area contributed by atoms with Gasteiger partial charge >= 0.3 is 5.97 Å². The van der Waals surface area contributed by atoms with Gasteiger partial charge in [0.25, 0.3) is 0 Å². The molecule has 1 rings (SSSR count). The van der Waals surface area contributed by atoms with Crippen molar-refractivity contribution < 1.29 is 19.1 Å². The number of nitrogens with one attached hydrogen (secondary N) is 1. The minimum absolute atomic E-state index is 0.0420. The van der Waals surface area contributed by atoms with Crippen LogP contribution in [0, 0.1) is 17.1 Å². The zero-order chi connectivity index (χ0) is 11.3. The molecule has 0 atom stereocenters. The van der Waals surface area contributed by atoms with Crippen LogP contribution >= 0.6 is 0 Å². The maximum atomic E-state index is 12.7. The third-order valence-corrected chi connectivity index (χ3v) is 1.48. The molecule has 5 nitrogen and oxygen atoms in total. The molecule has 0 saturated heterocycles. The van der Waals surface area contributed by atoms with Crippen LogP contribution in [0.3, 0.4) is 0 Å². The van der Waals surface area contributed by atoms with Gasteiger partial charge in [-0.2, -0.15) is 5.26 Å². The Balaban J connectivity index is 2.69. The number of benzene rings is 1. The van der Waals surface area contributed by atoms with Gasteiger partial charge in [-0.1, -0.05) is 0 Å². The Morgan fingerprint density at radius 3 is 3.00 bits per heavy atom. The van der Waals surface area contributed by atoms with E-state index < -0.39 is 18.4 Å². The lowest BCUT2D eigenvalue weighted by Crippen LogP contribution is -2.11. The van der Waals surface area contributed by atoms with Gasteiger partial charge in [-0.25, -0.2) is 9.18 Å². The molecule has 1 aromatic carbocycles. The van der Waals surface area contributed by atoms with Crippen LogP contribution in [0.4, 0.5) is 10.1 Å². The third kappa shape index (κ3) is 3.25. The van der Waals surface area contributed by atoms with Gasteiger partial charge in [0.15, 0.2) is 6.61 Å². The largest absolute Gasteiger partial charge is 0.479 e. The van der Waals surface area contributed by atoms with Crippen molar-refractivity contribution in [2.24, 2.45) is 0 Å². The highest BCUT2D eigenvalue weighted by Crippen LogP contribution is 2.15. The van der Waals surface area contributed by atoms with E-state index in [9.17, 15) is 9.18 Å². The summed E-state index contributed by atoms with van der Waals surface area (Å²) in [5.74, 6) is -1.70. The van der Waals surface area contributed by atoms with Crippen LogP contribution in [0.5, 0.6) is 0 Å². The summed E-state index contributed by atoms with van der Waals surface area (Å²) in [6.07, 6.45) is 0. The fourth-order valence-corrected chi connectivity index (χ4v) is 0.874. The summed E-state index contributed by atoms with van der Waals surface area (Å²) in [5.41, 5.74) is 2.52. The molecule has 0 bridgehead atoms. The first kappa shape index (κ1) is 10.9. The summed E-state index contributed by atoms with van der Waals surface area (Å²) in [6.45, 7) is -0.553. The van der Waals surface area contributed by atoms with Gasteiger partial charge in [0.2, 0.25) is 0 Å². The molecule has 0 amide bonds. The lowest BCUT2D eigenvalue weighted by molar-refractivity contribution is -0.141. The first-order valence-corrected chi connectivity index (χ1v) is 3.92. The van der Waals surface area contributed by atoms with E-state index in [1.807, 2.05) is 0 Å². The van der Waals surface area contributed by atoms with Gasteiger partial charge in [-0.3, -0.25) is 10.3 Å². The summed E-state index contributed by atoms with van der Waals surface area (Å²) in [4.78, 5) is 14.6. The number of hydrogen-bond donors (Lipinski definition) is 2. The second-order valence-corrected chi connectivity index (χ2v) is 2.59. The number of nitrogens with zero attached hydrogens (tertiary/aromatic N) is 1. The van der Waals surface area contributed by atoms with Crippen LogP contribution in [-0.2, 0) is 9.63 Å². The van der Waals surface area contributed by atoms with Crippen molar-refractivity contribution in [3.05, 3.63) is 29.6 Å². The third-order valence-electron chi connectivity index (χ3n) is 1.48. The maximum absolute atomic E-state index is 12.7. The Bertz CT molecular complexity index is 414. The predicted octanol–water partition coefficient (Wildman–Crippen LogP) is 1.13. The maximum Gasteiger partial charge on any atom is 0.332 e. The number of nitriles is 1. The van der Waals surface area contributed by atoms with Gasteiger partial charge in [-0.05, 0) is 18.2 Å². The van der Waals surface area contributed by atoms with Crippen LogP contribution in [0.2, 0.25) is 0 Å². The molecule has 0 unspecified atom stereocenters. The minimum Gasteiger partial charge on any atom is -0.479 e. The van der Waals surface area contributed by atoms with Gasteiger partial charge in [-0.15, -0.1) is 0 Å². The average Bonchev–Trinajstić information content (AvgIpc) is 2.19.